The van der Waals surface area contributed by atoms with Gasteiger partial charge < -0.3 is 10.1 Å². The minimum Gasteiger partial charge on any atom is -0.373 e. The van der Waals surface area contributed by atoms with Crippen LogP contribution < -0.4 is 5.32 Å². The molecule has 0 aromatic carbocycles. The van der Waals surface area contributed by atoms with Crippen LogP contribution in [0.2, 0.25) is 0 Å². The summed E-state index contributed by atoms with van der Waals surface area (Å²) in [5.74, 6) is 0. The molecule has 0 amide bonds. The molecule has 0 aliphatic carbocycles. The van der Waals surface area contributed by atoms with Gasteiger partial charge in [-0.25, -0.2) is 0 Å². The van der Waals surface area contributed by atoms with Gasteiger partial charge in [0.15, 0.2) is 0 Å². The highest BCUT2D eigenvalue weighted by atomic mass is 16.5. The lowest BCUT2D eigenvalue weighted by molar-refractivity contribution is -0.0684. The predicted octanol–water partition coefficient (Wildman–Crippen LogP) is 1.24. The van der Waals surface area contributed by atoms with Gasteiger partial charge in [0.1, 0.15) is 0 Å². The molecule has 0 bridgehead atoms. The molecule has 2 heterocycles. The first-order valence-electron chi connectivity index (χ1n) is 6.35. The van der Waals surface area contributed by atoms with E-state index in [2.05, 4.69) is 24.1 Å². The molecule has 2 aliphatic rings. The lowest BCUT2D eigenvalue weighted by atomic mass is 10.1. The van der Waals surface area contributed by atoms with Crippen molar-refractivity contribution in [2.45, 2.75) is 51.4 Å². The van der Waals surface area contributed by atoms with Gasteiger partial charge in [-0.2, -0.15) is 0 Å². The van der Waals surface area contributed by atoms with E-state index in [0.29, 0.717) is 12.2 Å². The molecule has 1 unspecified atom stereocenters. The molecule has 0 saturated carbocycles. The monoisotopic (exact) mass is 212 g/mol. The molecule has 3 atom stereocenters. The van der Waals surface area contributed by atoms with Crippen LogP contribution in [0.4, 0.5) is 0 Å². The van der Waals surface area contributed by atoms with E-state index in [1.54, 1.807) is 0 Å². The van der Waals surface area contributed by atoms with Crippen LogP contribution in [0, 0.1) is 0 Å². The SMILES string of the molecule is C[C@@H]1CN(CCC2CCCN2)C[C@H](C)O1. The Balaban J connectivity index is 1.69. The van der Waals surface area contributed by atoms with Crippen molar-refractivity contribution in [3.8, 4) is 0 Å². The topological polar surface area (TPSA) is 24.5 Å². The molecule has 2 aliphatic heterocycles. The first-order valence-corrected chi connectivity index (χ1v) is 6.35. The highest BCUT2D eigenvalue weighted by Gasteiger charge is 2.23. The van der Waals surface area contributed by atoms with Crippen LogP contribution in [0.15, 0.2) is 0 Å². The lowest BCUT2D eigenvalue weighted by Crippen LogP contribution is -2.46. The van der Waals surface area contributed by atoms with Crippen molar-refractivity contribution >= 4 is 0 Å². The van der Waals surface area contributed by atoms with Gasteiger partial charge in [-0.3, -0.25) is 4.90 Å². The Kier molecular flexibility index (Phi) is 4.00. The van der Waals surface area contributed by atoms with Crippen molar-refractivity contribution in [1.82, 2.24) is 10.2 Å². The van der Waals surface area contributed by atoms with Crippen LogP contribution in [0.1, 0.15) is 33.1 Å². The summed E-state index contributed by atoms with van der Waals surface area (Å²) >= 11 is 0. The third-order valence-electron chi connectivity index (χ3n) is 3.45. The Bertz CT molecular complexity index is 182. The Morgan fingerprint density at radius 3 is 2.60 bits per heavy atom. The third kappa shape index (κ3) is 3.44. The molecule has 15 heavy (non-hydrogen) atoms. The summed E-state index contributed by atoms with van der Waals surface area (Å²) in [7, 11) is 0. The maximum absolute atomic E-state index is 5.73. The van der Waals surface area contributed by atoms with Gasteiger partial charge >= 0.3 is 0 Å². The number of morpholine rings is 1. The number of rotatable bonds is 3. The minimum atomic E-state index is 0.408. The molecule has 0 aromatic heterocycles. The van der Waals surface area contributed by atoms with Gasteiger partial charge in [0.2, 0.25) is 0 Å². The summed E-state index contributed by atoms with van der Waals surface area (Å²) in [5, 5.41) is 3.56. The third-order valence-corrected chi connectivity index (χ3v) is 3.45. The first kappa shape index (κ1) is 11.4. The van der Waals surface area contributed by atoms with E-state index in [1.165, 1.54) is 32.4 Å². The molecule has 2 rings (SSSR count). The zero-order chi connectivity index (χ0) is 10.7. The summed E-state index contributed by atoms with van der Waals surface area (Å²) in [4.78, 5) is 2.55. The lowest BCUT2D eigenvalue weighted by Gasteiger charge is -2.35. The number of nitrogens with zero attached hydrogens (tertiary/aromatic N) is 1. The number of hydrogen-bond donors (Lipinski definition) is 1. The molecule has 0 radical (unpaired) electrons. The summed E-state index contributed by atoms with van der Waals surface area (Å²) < 4.78 is 5.73. The summed E-state index contributed by atoms with van der Waals surface area (Å²) in [6, 6.07) is 0.776. The second-order valence-electron chi connectivity index (χ2n) is 5.10. The van der Waals surface area contributed by atoms with Gasteiger partial charge in [0.05, 0.1) is 12.2 Å². The Morgan fingerprint density at radius 1 is 1.27 bits per heavy atom. The Hall–Kier alpha value is -0.120. The van der Waals surface area contributed by atoms with Gasteiger partial charge in [-0.1, -0.05) is 0 Å². The van der Waals surface area contributed by atoms with Crippen molar-refractivity contribution in [2.24, 2.45) is 0 Å². The van der Waals surface area contributed by atoms with Crippen LogP contribution in [-0.4, -0.2) is 49.3 Å². The second-order valence-corrected chi connectivity index (χ2v) is 5.10. The molecule has 3 nitrogen and oxygen atoms in total. The largest absolute Gasteiger partial charge is 0.373 e. The Morgan fingerprint density at radius 2 is 2.00 bits per heavy atom. The zero-order valence-electron chi connectivity index (χ0n) is 10.0. The summed E-state index contributed by atoms with van der Waals surface area (Å²) in [6.45, 7) is 9.03. The zero-order valence-corrected chi connectivity index (χ0v) is 10.0. The van der Waals surface area contributed by atoms with E-state index >= 15 is 0 Å². The number of nitrogens with one attached hydrogen (secondary N) is 1. The van der Waals surface area contributed by atoms with Crippen LogP contribution in [0.3, 0.4) is 0 Å². The van der Waals surface area contributed by atoms with Crippen LogP contribution in [0.25, 0.3) is 0 Å². The molecule has 88 valence electrons. The van der Waals surface area contributed by atoms with Gasteiger partial charge in [0.25, 0.3) is 0 Å². The molecule has 1 N–H and O–H groups in total. The fraction of sp³-hybridized carbons (Fsp3) is 1.00. The highest BCUT2D eigenvalue weighted by molar-refractivity contribution is 4.78. The molecule has 0 spiro atoms. The maximum atomic E-state index is 5.73. The smallest absolute Gasteiger partial charge is 0.0678 e. The van der Waals surface area contributed by atoms with E-state index in [4.69, 9.17) is 4.74 Å². The molecule has 2 fully saturated rings. The average Bonchev–Trinajstić information content (AvgIpc) is 2.65. The summed E-state index contributed by atoms with van der Waals surface area (Å²) in [6.07, 6.45) is 4.85. The normalized spacial score (nSPS) is 38.4. The van der Waals surface area contributed by atoms with Crippen LogP contribution >= 0.6 is 0 Å². The second kappa shape index (κ2) is 5.28. The van der Waals surface area contributed by atoms with Crippen molar-refractivity contribution < 1.29 is 4.74 Å². The molecular formula is C12H24N2O. The fourth-order valence-corrected chi connectivity index (χ4v) is 2.81. The fourth-order valence-electron chi connectivity index (χ4n) is 2.81. The van der Waals surface area contributed by atoms with E-state index in [9.17, 15) is 0 Å². The van der Waals surface area contributed by atoms with Gasteiger partial charge in [-0.05, 0) is 46.2 Å². The highest BCUT2D eigenvalue weighted by Crippen LogP contribution is 2.14. The van der Waals surface area contributed by atoms with Crippen molar-refractivity contribution in [1.29, 1.82) is 0 Å². The predicted molar refractivity (Wildman–Crippen MR) is 62.1 cm³/mol. The quantitative estimate of drug-likeness (QED) is 0.762. The molecular weight excluding hydrogens is 188 g/mol. The molecule has 0 aromatic rings. The average molecular weight is 212 g/mol. The van der Waals surface area contributed by atoms with Crippen LogP contribution in [-0.2, 0) is 4.74 Å². The maximum Gasteiger partial charge on any atom is 0.0678 e. The van der Waals surface area contributed by atoms with Gasteiger partial charge in [-0.15, -0.1) is 0 Å². The van der Waals surface area contributed by atoms with E-state index in [1.807, 2.05) is 0 Å². The van der Waals surface area contributed by atoms with E-state index in [0.717, 1.165) is 19.1 Å². The van der Waals surface area contributed by atoms with E-state index < -0.39 is 0 Å². The molecule has 3 heteroatoms. The van der Waals surface area contributed by atoms with E-state index in [-0.39, 0.29) is 0 Å². The van der Waals surface area contributed by atoms with Crippen molar-refractivity contribution in [2.75, 3.05) is 26.2 Å². The number of hydrogen-bond acceptors (Lipinski definition) is 3. The standard InChI is InChI=1S/C12H24N2O/c1-10-8-14(9-11(2)15-10)7-5-12-4-3-6-13-12/h10-13H,3-9H2,1-2H3/t10-,11+,12?. The summed E-state index contributed by atoms with van der Waals surface area (Å²) in [5.41, 5.74) is 0. The van der Waals surface area contributed by atoms with Crippen molar-refractivity contribution in [3.63, 3.8) is 0 Å². The van der Waals surface area contributed by atoms with Gasteiger partial charge in [0, 0.05) is 19.1 Å². The van der Waals surface area contributed by atoms with Crippen molar-refractivity contribution in [3.05, 3.63) is 0 Å². The molecule has 2 saturated heterocycles. The Labute approximate surface area is 93.2 Å². The number of ether oxygens (including phenoxy) is 1. The first-order chi connectivity index (χ1) is 7.24. The van der Waals surface area contributed by atoms with Crippen LogP contribution in [0.5, 0.6) is 0 Å². The minimum absolute atomic E-state index is 0.408.